The Labute approximate surface area is 107 Å². The van der Waals surface area contributed by atoms with Gasteiger partial charge in [-0.05, 0) is 36.1 Å². The van der Waals surface area contributed by atoms with Gasteiger partial charge in [-0.15, -0.1) is 0 Å². The zero-order chi connectivity index (χ0) is 12.2. The Bertz CT molecular complexity index is 588. The molecular weight excluding hydrogens is 220 g/mol. The van der Waals surface area contributed by atoms with Gasteiger partial charge in [-0.3, -0.25) is 4.98 Å². The molecule has 1 aromatic carbocycles. The summed E-state index contributed by atoms with van der Waals surface area (Å²) in [7, 11) is 0. The number of hydrogen-bond acceptors (Lipinski definition) is 2. The summed E-state index contributed by atoms with van der Waals surface area (Å²) in [5.74, 6) is 1.34. The fourth-order valence-electron chi connectivity index (χ4n) is 3.99. The number of nitrogens with two attached hydrogens (primary N) is 1. The van der Waals surface area contributed by atoms with Crippen LogP contribution in [0.3, 0.4) is 0 Å². The van der Waals surface area contributed by atoms with Crippen LogP contribution in [0, 0.1) is 11.8 Å². The monoisotopic (exact) mass is 238 g/mol. The minimum Gasteiger partial charge on any atom is -0.320 e. The van der Waals surface area contributed by atoms with Crippen molar-refractivity contribution in [1.29, 1.82) is 0 Å². The molecule has 2 atom stereocenters. The van der Waals surface area contributed by atoms with Gasteiger partial charge in [0.2, 0.25) is 0 Å². The van der Waals surface area contributed by atoms with Crippen LogP contribution in [0.4, 0.5) is 0 Å². The third kappa shape index (κ3) is 1.24. The molecule has 0 bridgehead atoms. The van der Waals surface area contributed by atoms with E-state index in [1.807, 2.05) is 6.20 Å². The van der Waals surface area contributed by atoms with Gasteiger partial charge in [0.15, 0.2) is 0 Å². The van der Waals surface area contributed by atoms with Gasteiger partial charge >= 0.3 is 0 Å². The summed E-state index contributed by atoms with van der Waals surface area (Å²) >= 11 is 0. The molecule has 0 saturated heterocycles. The fourth-order valence-corrected chi connectivity index (χ4v) is 3.99. The lowest BCUT2D eigenvalue weighted by Crippen LogP contribution is -2.25. The van der Waals surface area contributed by atoms with E-state index in [0.717, 1.165) is 5.69 Å². The maximum absolute atomic E-state index is 6.72. The third-order valence-electron chi connectivity index (χ3n) is 4.97. The third-order valence-corrected chi connectivity index (χ3v) is 4.97. The zero-order valence-electron chi connectivity index (χ0n) is 10.5. The Balaban J connectivity index is 1.88. The van der Waals surface area contributed by atoms with Gasteiger partial charge in [-0.25, -0.2) is 0 Å². The van der Waals surface area contributed by atoms with Crippen LogP contribution < -0.4 is 5.73 Å². The number of rotatable bonds is 1. The average Bonchev–Trinajstić information content (AvgIpc) is 3.06. The summed E-state index contributed by atoms with van der Waals surface area (Å²) in [6, 6.07) is 10.6. The first-order valence-electron chi connectivity index (χ1n) is 6.95. The van der Waals surface area contributed by atoms with E-state index in [1.165, 1.54) is 36.5 Å². The number of benzene rings is 1. The SMILES string of the molecule is NC1(c2nccc3ccccc23)C2CCCCC21. The highest BCUT2D eigenvalue weighted by atomic mass is 15.0. The van der Waals surface area contributed by atoms with Crippen LogP contribution in [0.15, 0.2) is 36.5 Å². The zero-order valence-corrected chi connectivity index (χ0v) is 10.5. The Hall–Kier alpha value is -1.41. The van der Waals surface area contributed by atoms with Gasteiger partial charge in [0.25, 0.3) is 0 Å². The van der Waals surface area contributed by atoms with E-state index in [1.54, 1.807) is 0 Å². The number of nitrogens with zero attached hydrogens (tertiary/aromatic N) is 1. The summed E-state index contributed by atoms with van der Waals surface area (Å²) in [6.45, 7) is 0. The molecule has 2 N–H and O–H groups in total. The summed E-state index contributed by atoms with van der Waals surface area (Å²) in [6.07, 6.45) is 7.16. The summed E-state index contributed by atoms with van der Waals surface area (Å²) in [4.78, 5) is 4.64. The lowest BCUT2D eigenvalue weighted by atomic mass is 10.0. The second kappa shape index (κ2) is 3.55. The molecule has 1 heterocycles. The smallest absolute Gasteiger partial charge is 0.0686 e. The quantitative estimate of drug-likeness (QED) is 0.828. The van der Waals surface area contributed by atoms with Crippen LogP contribution in [-0.4, -0.2) is 4.98 Å². The topological polar surface area (TPSA) is 38.9 Å². The molecule has 2 heteroatoms. The standard InChI is InChI=1S/C16H18N2/c17-16(13-7-3-4-8-14(13)16)15-12-6-2-1-5-11(12)9-10-18-15/h1-2,5-6,9-10,13-14H,3-4,7-8,17H2. The summed E-state index contributed by atoms with van der Waals surface area (Å²) in [5, 5.41) is 2.51. The van der Waals surface area contributed by atoms with Crippen molar-refractivity contribution in [3.63, 3.8) is 0 Å². The van der Waals surface area contributed by atoms with Crippen molar-refractivity contribution in [2.45, 2.75) is 31.2 Å². The van der Waals surface area contributed by atoms with E-state index in [9.17, 15) is 0 Å². The Morgan fingerprint density at radius 3 is 2.56 bits per heavy atom. The van der Waals surface area contributed by atoms with Gasteiger partial charge in [0.1, 0.15) is 0 Å². The van der Waals surface area contributed by atoms with Crippen LogP contribution in [0.1, 0.15) is 31.4 Å². The Kier molecular flexibility index (Phi) is 2.07. The highest BCUT2D eigenvalue weighted by Crippen LogP contribution is 2.63. The Morgan fingerprint density at radius 1 is 1.06 bits per heavy atom. The van der Waals surface area contributed by atoms with Gasteiger partial charge < -0.3 is 5.73 Å². The predicted molar refractivity (Wildman–Crippen MR) is 73.1 cm³/mol. The molecule has 18 heavy (non-hydrogen) atoms. The molecule has 2 fully saturated rings. The van der Waals surface area contributed by atoms with Crippen LogP contribution in [0.25, 0.3) is 10.8 Å². The first-order valence-corrected chi connectivity index (χ1v) is 6.95. The molecule has 92 valence electrons. The maximum Gasteiger partial charge on any atom is 0.0686 e. The minimum absolute atomic E-state index is 0.142. The molecule has 2 aliphatic rings. The van der Waals surface area contributed by atoms with E-state index in [2.05, 4.69) is 35.3 Å². The van der Waals surface area contributed by atoms with Crippen molar-refractivity contribution in [1.82, 2.24) is 4.98 Å². The van der Waals surface area contributed by atoms with Gasteiger partial charge in [0.05, 0.1) is 11.2 Å². The van der Waals surface area contributed by atoms with Crippen molar-refractivity contribution >= 4 is 10.8 Å². The van der Waals surface area contributed by atoms with Gasteiger partial charge in [0, 0.05) is 11.6 Å². The first kappa shape index (κ1) is 10.5. The molecule has 1 aromatic heterocycles. The normalized spacial score (nSPS) is 34.3. The maximum atomic E-state index is 6.72. The molecule has 2 aliphatic carbocycles. The molecule has 2 aromatic rings. The number of hydrogen-bond donors (Lipinski definition) is 1. The second-order valence-electron chi connectivity index (χ2n) is 5.81. The molecule has 2 unspecified atom stereocenters. The molecule has 0 amide bonds. The predicted octanol–water partition coefficient (Wildman–Crippen LogP) is 3.21. The van der Waals surface area contributed by atoms with E-state index in [0.29, 0.717) is 11.8 Å². The Morgan fingerprint density at radius 2 is 1.78 bits per heavy atom. The van der Waals surface area contributed by atoms with Crippen molar-refractivity contribution in [2.24, 2.45) is 17.6 Å². The van der Waals surface area contributed by atoms with E-state index in [4.69, 9.17) is 5.73 Å². The largest absolute Gasteiger partial charge is 0.320 e. The van der Waals surface area contributed by atoms with Gasteiger partial charge in [-0.1, -0.05) is 37.1 Å². The second-order valence-corrected chi connectivity index (χ2v) is 5.81. The highest BCUT2D eigenvalue weighted by Gasteiger charge is 2.64. The minimum atomic E-state index is -0.142. The highest BCUT2D eigenvalue weighted by molar-refractivity contribution is 5.85. The van der Waals surface area contributed by atoms with Crippen LogP contribution in [0.2, 0.25) is 0 Å². The molecule has 2 nitrogen and oxygen atoms in total. The molecular formula is C16H18N2. The van der Waals surface area contributed by atoms with Gasteiger partial charge in [-0.2, -0.15) is 0 Å². The molecule has 0 radical (unpaired) electrons. The summed E-state index contributed by atoms with van der Waals surface area (Å²) < 4.78 is 0. The fraction of sp³-hybridized carbons (Fsp3) is 0.438. The molecule has 0 aliphatic heterocycles. The lowest BCUT2D eigenvalue weighted by Gasteiger charge is -2.14. The lowest BCUT2D eigenvalue weighted by molar-refractivity contribution is 0.480. The van der Waals surface area contributed by atoms with Crippen molar-refractivity contribution in [3.05, 3.63) is 42.2 Å². The average molecular weight is 238 g/mol. The van der Waals surface area contributed by atoms with Crippen molar-refractivity contribution < 1.29 is 0 Å². The molecule has 4 rings (SSSR count). The number of pyridine rings is 1. The van der Waals surface area contributed by atoms with E-state index < -0.39 is 0 Å². The van der Waals surface area contributed by atoms with E-state index in [-0.39, 0.29) is 5.54 Å². The van der Waals surface area contributed by atoms with Crippen LogP contribution in [-0.2, 0) is 5.54 Å². The van der Waals surface area contributed by atoms with Crippen LogP contribution >= 0.6 is 0 Å². The number of fused-ring (bicyclic) bond motifs is 2. The van der Waals surface area contributed by atoms with Crippen molar-refractivity contribution in [3.8, 4) is 0 Å². The first-order chi connectivity index (χ1) is 8.82. The molecule has 2 saturated carbocycles. The number of aromatic nitrogens is 1. The van der Waals surface area contributed by atoms with E-state index >= 15 is 0 Å². The summed E-state index contributed by atoms with van der Waals surface area (Å²) in [5.41, 5.74) is 7.72. The molecule has 0 spiro atoms. The van der Waals surface area contributed by atoms with Crippen LogP contribution in [0.5, 0.6) is 0 Å². The van der Waals surface area contributed by atoms with Crippen molar-refractivity contribution in [2.75, 3.05) is 0 Å².